The van der Waals surface area contributed by atoms with E-state index >= 15 is 0 Å². The number of carbonyl (C=O) groups is 1. The Bertz CT molecular complexity index is 515. The van der Waals surface area contributed by atoms with Crippen LogP contribution in [0.1, 0.15) is 31.3 Å². The van der Waals surface area contributed by atoms with Gasteiger partial charge in [-0.15, -0.1) is 0 Å². The quantitative estimate of drug-likeness (QED) is 0.816. The molecule has 0 bridgehead atoms. The van der Waals surface area contributed by atoms with Gasteiger partial charge in [0.25, 0.3) is 11.5 Å². The Morgan fingerprint density at radius 3 is 2.71 bits per heavy atom. The van der Waals surface area contributed by atoms with Gasteiger partial charge < -0.3 is 10.1 Å². The third-order valence-electron chi connectivity index (χ3n) is 3.54. The zero-order valence-electron chi connectivity index (χ0n) is 12.6. The van der Waals surface area contributed by atoms with E-state index in [9.17, 15) is 9.59 Å². The SMILES string of the molecule is C[C@@H]1CN([C@H](C)CNC(=O)c2ccc(=O)[nH]n2)C[C@@H](C)O1. The fourth-order valence-electron chi connectivity index (χ4n) is 2.51. The van der Waals surface area contributed by atoms with Crippen LogP contribution in [0.15, 0.2) is 16.9 Å². The van der Waals surface area contributed by atoms with E-state index in [4.69, 9.17) is 4.74 Å². The van der Waals surface area contributed by atoms with Gasteiger partial charge in [-0.2, -0.15) is 5.10 Å². The minimum absolute atomic E-state index is 0.202. The van der Waals surface area contributed by atoms with E-state index in [0.717, 1.165) is 13.1 Å². The molecule has 0 unspecified atom stereocenters. The molecular formula is C14H22N4O3. The summed E-state index contributed by atoms with van der Waals surface area (Å²) in [6, 6.07) is 2.92. The van der Waals surface area contributed by atoms with Gasteiger partial charge in [0.15, 0.2) is 0 Å². The lowest BCUT2D eigenvalue weighted by Crippen LogP contribution is -2.52. The number of hydrogen-bond acceptors (Lipinski definition) is 5. The molecule has 0 radical (unpaired) electrons. The standard InChI is InChI=1S/C14H22N4O3/c1-9(18-7-10(2)21-11(3)8-18)6-15-14(20)12-4-5-13(19)17-16-12/h4-5,9-11H,6-8H2,1-3H3,(H,15,20)(H,17,19)/t9-,10-,11-/m1/s1. The number of nitrogens with zero attached hydrogens (tertiary/aromatic N) is 2. The van der Waals surface area contributed by atoms with Gasteiger partial charge in [0, 0.05) is 31.7 Å². The number of amides is 1. The maximum atomic E-state index is 11.9. The minimum atomic E-state index is -0.323. The molecule has 1 aliphatic heterocycles. The number of aromatic nitrogens is 2. The lowest BCUT2D eigenvalue weighted by Gasteiger charge is -2.38. The average Bonchev–Trinajstić information content (AvgIpc) is 2.44. The first-order valence-corrected chi connectivity index (χ1v) is 7.19. The zero-order valence-corrected chi connectivity index (χ0v) is 12.6. The molecule has 7 heteroatoms. The number of hydrogen-bond donors (Lipinski definition) is 2. The molecule has 0 aliphatic carbocycles. The Labute approximate surface area is 123 Å². The second kappa shape index (κ2) is 6.82. The average molecular weight is 294 g/mol. The van der Waals surface area contributed by atoms with Crippen LogP contribution >= 0.6 is 0 Å². The van der Waals surface area contributed by atoms with Gasteiger partial charge in [-0.3, -0.25) is 14.5 Å². The molecular weight excluding hydrogens is 272 g/mol. The van der Waals surface area contributed by atoms with Crippen molar-refractivity contribution in [3.8, 4) is 0 Å². The molecule has 1 aliphatic rings. The second-order valence-corrected chi connectivity index (χ2v) is 5.58. The Morgan fingerprint density at radius 1 is 1.48 bits per heavy atom. The van der Waals surface area contributed by atoms with Crippen LogP contribution in [0.5, 0.6) is 0 Å². The number of aromatic amines is 1. The summed E-state index contributed by atoms with van der Waals surface area (Å²) in [5.74, 6) is -0.285. The van der Waals surface area contributed by atoms with Crippen LogP contribution in [0, 0.1) is 0 Å². The molecule has 1 saturated heterocycles. The van der Waals surface area contributed by atoms with Crippen molar-refractivity contribution < 1.29 is 9.53 Å². The predicted molar refractivity (Wildman–Crippen MR) is 78.2 cm³/mol. The van der Waals surface area contributed by atoms with Crippen molar-refractivity contribution in [1.82, 2.24) is 20.4 Å². The minimum Gasteiger partial charge on any atom is -0.373 e. The number of H-pyrrole nitrogens is 1. The van der Waals surface area contributed by atoms with Crippen LogP contribution in [-0.4, -0.2) is 58.9 Å². The highest BCUT2D eigenvalue weighted by molar-refractivity contribution is 5.91. The first kappa shape index (κ1) is 15.7. The normalized spacial score (nSPS) is 24.5. The molecule has 116 valence electrons. The topological polar surface area (TPSA) is 87.3 Å². The highest BCUT2D eigenvalue weighted by Crippen LogP contribution is 2.13. The van der Waals surface area contributed by atoms with Crippen molar-refractivity contribution in [3.05, 3.63) is 28.2 Å². The fourth-order valence-corrected chi connectivity index (χ4v) is 2.51. The summed E-state index contributed by atoms with van der Waals surface area (Å²) in [5.41, 5.74) is -0.110. The molecule has 1 fully saturated rings. The Morgan fingerprint density at radius 2 is 2.14 bits per heavy atom. The van der Waals surface area contributed by atoms with E-state index in [0.29, 0.717) is 6.54 Å². The number of ether oxygens (including phenoxy) is 1. The van der Waals surface area contributed by atoms with Crippen molar-refractivity contribution in [2.45, 2.75) is 39.0 Å². The van der Waals surface area contributed by atoms with Crippen molar-refractivity contribution in [3.63, 3.8) is 0 Å². The van der Waals surface area contributed by atoms with E-state index in [2.05, 4.69) is 41.2 Å². The smallest absolute Gasteiger partial charge is 0.271 e. The summed E-state index contributed by atoms with van der Waals surface area (Å²) in [6.45, 7) is 8.43. The van der Waals surface area contributed by atoms with E-state index < -0.39 is 0 Å². The molecule has 2 heterocycles. The fraction of sp³-hybridized carbons (Fsp3) is 0.643. The third kappa shape index (κ3) is 4.37. The van der Waals surface area contributed by atoms with Crippen molar-refractivity contribution in [1.29, 1.82) is 0 Å². The van der Waals surface area contributed by atoms with Crippen molar-refractivity contribution >= 4 is 5.91 Å². The number of carbonyl (C=O) groups excluding carboxylic acids is 1. The summed E-state index contributed by atoms with van der Waals surface area (Å²) in [7, 11) is 0. The van der Waals surface area contributed by atoms with Gasteiger partial charge in [-0.05, 0) is 26.8 Å². The van der Waals surface area contributed by atoms with E-state index in [1.807, 2.05) is 0 Å². The van der Waals surface area contributed by atoms with Crippen molar-refractivity contribution in [2.75, 3.05) is 19.6 Å². The largest absolute Gasteiger partial charge is 0.373 e. The molecule has 2 rings (SSSR count). The zero-order chi connectivity index (χ0) is 15.4. The van der Waals surface area contributed by atoms with Gasteiger partial charge >= 0.3 is 0 Å². The molecule has 21 heavy (non-hydrogen) atoms. The predicted octanol–water partition coefficient (Wildman–Crippen LogP) is -0.00260. The maximum absolute atomic E-state index is 11.9. The van der Waals surface area contributed by atoms with Crippen LogP contribution in [0.25, 0.3) is 0 Å². The van der Waals surface area contributed by atoms with Crippen LogP contribution in [0.3, 0.4) is 0 Å². The molecule has 0 saturated carbocycles. The molecule has 1 aromatic rings. The summed E-state index contributed by atoms with van der Waals surface area (Å²) in [4.78, 5) is 25.1. The summed E-state index contributed by atoms with van der Waals surface area (Å²) >= 11 is 0. The van der Waals surface area contributed by atoms with Gasteiger partial charge in [-0.1, -0.05) is 0 Å². The van der Waals surface area contributed by atoms with Crippen LogP contribution < -0.4 is 10.9 Å². The highest BCUT2D eigenvalue weighted by Gasteiger charge is 2.25. The first-order chi connectivity index (χ1) is 9.95. The molecule has 3 atom stereocenters. The molecule has 1 amide bonds. The highest BCUT2D eigenvalue weighted by atomic mass is 16.5. The molecule has 0 spiro atoms. The lowest BCUT2D eigenvalue weighted by atomic mass is 10.1. The summed E-state index contributed by atoms with van der Waals surface area (Å²) in [5, 5.41) is 8.80. The van der Waals surface area contributed by atoms with E-state index in [-0.39, 0.29) is 35.4 Å². The van der Waals surface area contributed by atoms with Crippen LogP contribution in [0.2, 0.25) is 0 Å². The molecule has 1 aromatic heterocycles. The Kier molecular flexibility index (Phi) is 5.08. The van der Waals surface area contributed by atoms with Gasteiger partial charge in [-0.25, -0.2) is 5.10 Å². The lowest BCUT2D eigenvalue weighted by molar-refractivity contribution is -0.0778. The molecule has 2 N–H and O–H groups in total. The Hall–Kier alpha value is -1.73. The van der Waals surface area contributed by atoms with E-state index in [1.165, 1.54) is 12.1 Å². The van der Waals surface area contributed by atoms with E-state index in [1.54, 1.807) is 0 Å². The van der Waals surface area contributed by atoms with Gasteiger partial charge in [0.05, 0.1) is 12.2 Å². The Balaban J connectivity index is 1.85. The number of morpholine rings is 1. The van der Waals surface area contributed by atoms with Gasteiger partial charge in [0.2, 0.25) is 0 Å². The number of nitrogens with one attached hydrogen (secondary N) is 2. The molecule has 7 nitrogen and oxygen atoms in total. The summed E-state index contributed by atoms with van der Waals surface area (Å²) < 4.78 is 5.70. The van der Waals surface area contributed by atoms with Gasteiger partial charge in [0.1, 0.15) is 5.69 Å². The maximum Gasteiger partial charge on any atom is 0.271 e. The van der Waals surface area contributed by atoms with Crippen LogP contribution in [-0.2, 0) is 4.74 Å². The number of rotatable bonds is 4. The summed E-state index contributed by atoms with van der Waals surface area (Å²) in [6.07, 6.45) is 0.403. The van der Waals surface area contributed by atoms with Crippen molar-refractivity contribution in [2.24, 2.45) is 0 Å². The molecule has 0 aromatic carbocycles. The second-order valence-electron chi connectivity index (χ2n) is 5.58. The third-order valence-corrected chi connectivity index (χ3v) is 3.54. The van der Waals surface area contributed by atoms with Crippen LogP contribution in [0.4, 0.5) is 0 Å². The monoisotopic (exact) mass is 294 g/mol. The first-order valence-electron chi connectivity index (χ1n) is 7.19.